The highest BCUT2D eigenvalue weighted by Gasteiger charge is 2.15. The van der Waals surface area contributed by atoms with Gasteiger partial charge in [0.1, 0.15) is 18.1 Å². The maximum Gasteiger partial charge on any atom is 0.286 e. The molecule has 140 valence electrons. The normalized spacial score (nSPS) is 12.4. The van der Waals surface area contributed by atoms with Crippen molar-refractivity contribution >= 4 is 5.91 Å². The Morgan fingerprint density at radius 3 is 2.88 bits per heavy atom. The molecule has 7 heteroatoms. The molecule has 0 fully saturated rings. The Balaban J connectivity index is 1.43. The van der Waals surface area contributed by atoms with Gasteiger partial charge in [-0.3, -0.25) is 4.79 Å². The third kappa shape index (κ3) is 4.92. The van der Waals surface area contributed by atoms with Gasteiger partial charge in [0, 0.05) is 19.2 Å². The van der Waals surface area contributed by atoms with Gasteiger partial charge in [-0.05, 0) is 44.5 Å². The quantitative estimate of drug-likeness (QED) is 0.691. The highest BCUT2D eigenvalue weighted by atomic mass is 16.7. The molecule has 0 aliphatic carbocycles. The van der Waals surface area contributed by atoms with Crippen LogP contribution in [0.1, 0.15) is 36.6 Å². The number of hydrogen-bond acceptors (Lipinski definition) is 6. The van der Waals surface area contributed by atoms with E-state index in [0.717, 1.165) is 6.42 Å². The van der Waals surface area contributed by atoms with Gasteiger partial charge in [0.2, 0.25) is 6.79 Å². The molecule has 0 atom stereocenters. The smallest absolute Gasteiger partial charge is 0.286 e. The second kappa shape index (κ2) is 8.62. The van der Waals surface area contributed by atoms with Gasteiger partial charge in [0.05, 0.1) is 6.10 Å². The Hall–Kier alpha value is -2.67. The van der Waals surface area contributed by atoms with Crippen molar-refractivity contribution in [3.8, 4) is 17.2 Å². The number of ether oxygens (including phenoxy) is 4. The van der Waals surface area contributed by atoms with Crippen LogP contribution in [0.5, 0.6) is 17.2 Å². The summed E-state index contributed by atoms with van der Waals surface area (Å²) in [5.41, 5.74) is 0. The molecule has 0 unspecified atom stereocenters. The first-order chi connectivity index (χ1) is 12.6. The first-order valence-corrected chi connectivity index (χ1v) is 8.63. The third-order valence-electron chi connectivity index (χ3n) is 3.67. The van der Waals surface area contributed by atoms with E-state index in [2.05, 4.69) is 5.32 Å². The molecule has 0 saturated carbocycles. The van der Waals surface area contributed by atoms with Crippen LogP contribution in [0.2, 0.25) is 0 Å². The lowest BCUT2D eigenvalue weighted by molar-refractivity contribution is 0.0753. The molecule has 0 saturated heterocycles. The zero-order valence-electron chi connectivity index (χ0n) is 14.9. The lowest BCUT2D eigenvalue weighted by Gasteiger charge is -2.07. The first kappa shape index (κ1) is 18.1. The molecule has 1 amide bonds. The van der Waals surface area contributed by atoms with E-state index in [-0.39, 0.29) is 31.2 Å². The topological polar surface area (TPSA) is 79.2 Å². The zero-order valence-corrected chi connectivity index (χ0v) is 14.9. The van der Waals surface area contributed by atoms with Gasteiger partial charge in [-0.15, -0.1) is 0 Å². The number of hydrogen-bond donors (Lipinski definition) is 1. The van der Waals surface area contributed by atoms with Gasteiger partial charge >= 0.3 is 0 Å². The molecule has 26 heavy (non-hydrogen) atoms. The van der Waals surface area contributed by atoms with Crippen molar-refractivity contribution in [2.75, 3.05) is 19.9 Å². The molecule has 1 N–H and O–H groups in total. The summed E-state index contributed by atoms with van der Waals surface area (Å²) in [6.45, 7) is 5.55. The molecule has 1 aliphatic heterocycles. The van der Waals surface area contributed by atoms with Crippen molar-refractivity contribution in [2.24, 2.45) is 0 Å². The molecular weight excluding hydrogens is 338 g/mol. The lowest BCUT2D eigenvalue weighted by Crippen LogP contribution is -2.25. The van der Waals surface area contributed by atoms with Crippen LogP contribution in [-0.2, 0) is 11.3 Å². The highest BCUT2D eigenvalue weighted by molar-refractivity contribution is 5.91. The SMILES string of the molecule is CC(C)OCCCNC(=O)c1ccc(COc2ccc3c(c2)OCO3)o1. The van der Waals surface area contributed by atoms with Crippen molar-refractivity contribution in [3.63, 3.8) is 0 Å². The maximum absolute atomic E-state index is 12.0. The largest absolute Gasteiger partial charge is 0.486 e. The predicted octanol–water partition coefficient (Wildman–Crippen LogP) is 3.13. The van der Waals surface area contributed by atoms with Crippen LogP contribution < -0.4 is 19.5 Å². The minimum atomic E-state index is -0.246. The van der Waals surface area contributed by atoms with E-state index in [1.807, 2.05) is 13.8 Å². The molecular formula is C19H23NO6. The summed E-state index contributed by atoms with van der Waals surface area (Å²) in [6.07, 6.45) is 0.952. The van der Waals surface area contributed by atoms with Crippen LogP contribution in [0.15, 0.2) is 34.7 Å². The van der Waals surface area contributed by atoms with E-state index >= 15 is 0 Å². The summed E-state index contributed by atoms with van der Waals surface area (Å²) in [5.74, 6) is 2.58. The number of fused-ring (bicyclic) bond motifs is 1. The van der Waals surface area contributed by atoms with E-state index in [9.17, 15) is 4.79 Å². The van der Waals surface area contributed by atoms with Crippen LogP contribution in [-0.4, -0.2) is 32.0 Å². The number of carbonyl (C=O) groups excluding carboxylic acids is 1. The Labute approximate surface area is 152 Å². The molecule has 0 bridgehead atoms. The van der Waals surface area contributed by atoms with E-state index in [4.69, 9.17) is 23.4 Å². The summed E-state index contributed by atoms with van der Waals surface area (Å²) in [6, 6.07) is 8.71. The van der Waals surface area contributed by atoms with Crippen LogP contribution in [0.25, 0.3) is 0 Å². The summed E-state index contributed by atoms with van der Waals surface area (Å²) in [5, 5.41) is 2.80. The van der Waals surface area contributed by atoms with Crippen molar-refractivity contribution in [2.45, 2.75) is 33.0 Å². The molecule has 2 aromatic rings. The van der Waals surface area contributed by atoms with Gasteiger partial charge in [-0.2, -0.15) is 0 Å². The average Bonchev–Trinajstić information content (AvgIpc) is 3.28. The fourth-order valence-corrected chi connectivity index (χ4v) is 2.38. The van der Waals surface area contributed by atoms with Crippen molar-refractivity contribution in [3.05, 3.63) is 41.9 Å². The molecule has 3 rings (SSSR count). The Bertz CT molecular complexity index is 739. The van der Waals surface area contributed by atoms with E-state index < -0.39 is 0 Å². The van der Waals surface area contributed by atoms with E-state index in [1.54, 1.807) is 30.3 Å². The maximum atomic E-state index is 12.0. The molecule has 1 aromatic carbocycles. The lowest BCUT2D eigenvalue weighted by atomic mass is 10.3. The standard InChI is InChI=1S/C19H23NO6/c1-13(2)22-9-3-8-20-19(21)17-7-5-15(26-17)11-23-14-4-6-16-18(10-14)25-12-24-16/h4-7,10,13H,3,8-9,11-12H2,1-2H3,(H,20,21). The highest BCUT2D eigenvalue weighted by Crippen LogP contribution is 2.35. The number of rotatable bonds is 9. The Kier molecular flexibility index (Phi) is 6.01. The van der Waals surface area contributed by atoms with Crippen LogP contribution >= 0.6 is 0 Å². The second-order valence-corrected chi connectivity index (χ2v) is 6.10. The Morgan fingerprint density at radius 2 is 2.04 bits per heavy atom. The average molecular weight is 361 g/mol. The molecule has 7 nitrogen and oxygen atoms in total. The fourth-order valence-electron chi connectivity index (χ4n) is 2.38. The van der Waals surface area contributed by atoms with Crippen molar-refractivity contribution in [1.82, 2.24) is 5.32 Å². The minimum absolute atomic E-state index is 0.197. The molecule has 1 aromatic heterocycles. The second-order valence-electron chi connectivity index (χ2n) is 6.10. The summed E-state index contributed by atoms with van der Waals surface area (Å²) in [7, 11) is 0. The minimum Gasteiger partial charge on any atom is -0.486 e. The monoisotopic (exact) mass is 361 g/mol. The fraction of sp³-hybridized carbons (Fsp3) is 0.421. The van der Waals surface area contributed by atoms with E-state index in [1.165, 1.54) is 0 Å². The summed E-state index contributed by atoms with van der Waals surface area (Å²) in [4.78, 5) is 12.0. The van der Waals surface area contributed by atoms with Crippen LogP contribution in [0, 0.1) is 0 Å². The van der Waals surface area contributed by atoms with Crippen LogP contribution in [0.4, 0.5) is 0 Å². The Morgan fingerprint density at radius 1 is 1.19 bits per heavy atom. The number of furan rings is 1. The molecule has 0 spiro atoms. The predicted molar refractivity (Wildman–Crippen MR) is 93.6 cm³/mol. The van der Waals surface area contributed by atoms with Gasteiger partial charge < -0.3 is 28.7 Å². The van der Waals surface area contributed by atoms with Crippen molar-refractivity contribution < 1.29 is 28.2 Å². The number of benzene rings is 1. The van der Waals surface area contributed by atoms with Crippen molar-refractivity contribution in [1.29, 1.82) is 0 Å². The van der Waals surface area contributed by atoms with Gasteiger partial charge in [-0.1, -0.05) is 0 Å². The summed E-state index contributed by atoms with van der Waals surface area (Å²) >= 11 is 0. The van der Waals surface area contributed by atoms with E-state index in [0.29, 0.717) is 36.2 Å². The molecule has 0 radical (unpaired) electrons. The third-order valence-corrected chi connectivity index (χ3v) is 3.67. The first-order valence-electron chi connectivity index (χ1n) is 8.63. The van der Waals surface area contributed by atoms with Gasteiger partial charge in [-0.25, -0.2) is 0 Å². The van der Waals surface area contributed by atoms with Crippen LogP contribution in [0.3, 0.4) is 0 Å². The number of carbonyl (C=O) groups is 1. The number of nitrogens with one attached hydrogen (secondary N) is 1. The number of amides is 1. The zero-order chi connectivity index (χ0) is 18.4. The summed E-state index contributed by atoms with van der Waals surface area (Å²) < 4.78 is 27.2. The molecule has 2 heterocycles. The van der Waals surface area contributed by atoms with Gasteiger partial charge in [0.15, 0.2) is 17.3 Å². The molecule has 1 aliphatic rings. The van der Waals surface area contributed by atoms with Gasteiger partial charge in [0.25, 0.3) is 5.91 Å².